The first-order valence-corrected chi connectivity index (χ1v) is 5.50. The number of aliphatic imine (C=N–C) groups is 1. The number of nitrogens with zero attached hydrogens (tertiary/aromatic N) is 2. The maximum Gasteiger partial charge on any atom is 0.196 e. The molecule has 1 aromatic carbocycles. The minimum atomic E-state index is 0.507. The Morgan fingerprint density at radius 3 is 2.60 bits per heavy atom. The Kier molecular flexibility index (Phi) is 1.91. The zero-order chi connectivity index (χ0) is 10.3. The quantitative estimate of drug-likeness (QED) is 0.789. The molecule has 1 aliphatic heterocycles. The molecule has 0 amide bonds. The summed E-state index contributed by atoms with van der Waals surface area (Å²) in [7, 11) is 0. The van der Waals surface area contributed by atoms with E-state index in [1.807, 2.05) is 18.2 Å². The van der Waals surface area contributed by atoms with Gasteiger partial charge in [0.15, 0.2) is 5.96 Å². The molecule has 1 unspecified atom stereocenters. The van der Waals surface area contributed by atoms with Crippen molar-refractivity contribution in [2.75, 3.05) is 11.4 Å². The van der Waals surface area contributed by atoms with Crippen LogP contribution in [0.5, 0.6) is 0 Å². The van der Waals surface area contributed by atoms with Crippen LogP contribution in [0.2, 0.25) is 0 Å². The molecule has 3 nitrogen and oxygen atoms in total. The molecule has 0 saturated heterocycles. The van der Waals surface area contributed by atoms with Crippen LogP contribution in [-0.2, 0) is 0 Å². The zero-order valence-electron chi connectivity index (χ0n) is 8.63. The first-order valence-electron chi connectivity index (χ1n) is 5.50. The molecule has 78 valence electrons. The van der Waals surface area contributed by atoms with Crippen molar-refractivity contribution in [2.24, 2.45) is 16.6 Å². The molecule has 1 aromatic rings. The lowest BCUT2D eigenvalue weighted by molar-refractivity contribution is 0.626. The van der Waals surface area contributed by atoms with Crippen molar-refractivity contribution < 1.29 is 0 Å². The molecular formula is C12H15N3. The van der Waals surface area contributed by atoms with Gasteiger partial charge in [0.25, 0.3) is 0 Å². The number of hydrogen-bond donors (Lipinski definition) is 1. The molecule has 1 saturated carbocycles. The molecule has 0 aromatic heterocycles. The van der Waals surface area contributed by atoms with Gasteiger partial charge < -0.3 is 10.6 Å². The number of hydrogen-bond acceptors (Lipinski definition) is 3. The van der Waals surface area contributed by atoms with Gasteiger partial charge in [-0.1, -0.05) is 18.2 Å². The van der Waals surface area contributed by atoms with E-state index in [2.05, 4.69) is 22.0 Å². The third-order valence-corrected chi connectivity index (χ3v) is 3.22. The number of benzene rings is 1. The molecule has 2 aliphatic rings. The number of para-hydroxylation sites is 1. The molecule has 3 heteroatoms. The average molecular weight is 201 g/mol. The van der Waals surface area contributed by atoms with Crippen LogP contribution in [0.25, 0.3) is 0 Å². The highest BCUT2D eigenvalue weighted by atomic mass is 15.3. The third kappa shape index (κ3) is 1.48. The molecular weight excluding hydrogens is 186 g/mol. The van der Waals surface area contributed by atoms with Crippen molar-refractivity contribution in [1.29, 1.82) is 0 Å². The fraction of sp³-hybridized carbons (Fsp3) is 0.417. The van der Waals surface area contributed by atoms with Gasteiger partial charge >= 0.3 is 0 Å². The van der Waals surface area contributed by atoms with Crippen molar-refractivity contribution >= 4 is 11.6 Å². The van der Waals surface area contributed by atoms with E-state index in [1.165, 1.54) is 18.5 Å². The zero-order valence-corrected chi connectivity index (χ0v) is 8.63. The topological polar surface area (TPSA) is 41.6 Å². The number of rotatable bonds is 2. The van der Waals surface area contributed by atoms with E-state index < -0.39 is 0 Å². The van der Waals surface area contributed by atoms with Crippen molar-refractivity contribution in [1.82, 2.24) is 0 Å². The first kappa shape index (κ1) is 8.77. The Morgan fingerprint density at radius 1 is 1.20 bits per heavy atom. The smallest absolute Gasteiger partial charge is 0.196 e. The van der Waals surface area contributed by atoms with E-state index in [0.717, 1.165) is 12.5 Å². The van der Waals surface area contributed by atoms with E-state index >= 15 is 0 Å². The van der Waals surface area contributed by atoms with Crippen molar-refractivity contribution in [3.8, 4) is 0 Å². The lowest BCUT2D eigenvalue weighted by atomic mass is 10.1. The maximum absolute atomic E-state index is 5.94. The van der Waals surface area contributed by atoms with E-state index in [4.69, 9.17) is 5.73 Å². The Hall–Kier alpha value is -1.51. The summed E-state index contributed by atoms with van der Waals surface area (Å²) in [4.78, 5) is 6.55. The van der Waals surface area contributed by atoms with Crippen LogP contribution >= 0.6 is 0 Å². The third-order valence-electron chi connectivity index (χ3n) is 3.22. The van der Waals surface area contributed by atoms with Gasteiger partial charge in [-0.15, -0.1) is 0 Å². The number of guanidine groups is 1. The van der Waals surface area contributed by atoms with Crippen molar-refractivity contribution in [3.63, 3.8) is 0 Å². The van der Waals surface area contributed by atoms with Crippen molar-refractivity contribution in [3.05, 3.63) is 30.3 Å². The van der Waals surface area contributed by atoms with Crippen LogP contribution in [0.3, 0.4) is 0 Å². The van der Waals surface area contributed by atoms with E-state index in [0.29, 0.717) is 12.0 Å². The molecule has 0 bridgehead atoms. The Morgan fingerprint density at radius 2 is 1.93 bits per heavy atom. The lowest BCUT2D eigenvalue weighted by Crippen LogP contribution is -2.41. The summed E-state index contributed by atoms with van der Waals surface area (Å²) < 4.78 is 0. The first-order chi connectivity index (χ1) is 7.36. The summed E-state index contributed by atoms with van der Waals surface area (Å²) in [6.07, 6.45) is 2.66. The summed E-state index contributed by atoms with van der Waals surface area (Å²) >= 11 is 0. The van der Waals surface area contributed by atoms with Gasteiger partial charge in [-0.2, -0.15) is 0 Å². The normalized spacial score (nSPS) is 25.5. The van der Waals surface area contributed by atoms with Gasteiger partial charge in [-0.05, 0) is 30.9 Å². The van der Waals surface area contributed by atoms with E-state index in [-0.39, 0.29) is 0 Å². The largest absolute Gasteiger partial charge is 0.370 e. The molecule has 1 heterocycles. The Balaban J connectivity index is 1.91. The fourth-order valence-electron chi connectivity index (χ4n) is 2.27. The molecule has 2 N–H and O–H groups in total. The molecule has 0 radical (unpaired) electrons. The monoisotopic (exact) mass is 201 g/mol. The van der Waals surface area contributed by atoms with Crippen LogP contribution in [0.1, 0.15) is 12.8 Å². The number of anilines is 1. The van der Waals surface area contributed by atoms with Crippen LogP contribution < -0.4 is 10.6 Å². The van der Waals surface area contributed by atoms with Gasteiger partial charge in [-0.25, -0.2) is 0 Å². The minimum absolute atomic E-state index is 0.507. The van der Waals surface area contributed by atoms with Gasteiger partial charge in [0.05, 0.1) is 12.6 Å². The van der Waals surface area contributed by atoms with Crippen LogP contribution in [-0.4, -0.2) is 18.5 Å². The molecule has 15 heavy (non-hydrogen) atoms. The highest BCUT2D eigenvalue weighted by molar-refractivity contribution is 5.97. The van der Waals surface area contributed by atoms with Crippen molar-refractivity contribution in [2.45, 2.75) is 18.9 Å². The van der Waals surface area contributed by atoms with Gasteiger partial charge in [-0.3, -0.25) is 4.99 Å². The second-order valence-electron chi connectivity index (χ2n) is 4.31. The summed E-state index contributed by atoms with van der Waals surface area (Å²) in [6.45, 7) is 0.866. The summed E-state index contributed by atoms with van der Waals surface area (Å²) in [5.74, 6) is 1.48. The molecule has 1 atom stereocenters. The molecule has 0 spiro atoms. The van der Waals surface area contributed by atoms with Crippen LogP contribution in [0.4, 0.5) is 5.69 Å². The summed E-state index contributed by atoms with van der Waals surface area (Å²) in [5.41, 5.74) is 7.12. The van der Waals surface area contributed by atoms with Crippen LogP contribution in [0.15, 0.2) is 35.3 Å². The van der Waals surface area contributed by atoms with Gasteiger partial charge in [0.1, 0.15) is 0 Å². The summed E-state index contributed by atoms with van der Waals surface area (Å²) in [5, 5.41) is 0. The predicted octanol–water partition coefficient (Wildman–Crippen LogP) is 1.60. The minimum Gasteiger partial charge on any atom is -0.370 e. The van der Waals surface area contributed by atoms with E-state index in [1.54, 1.807) is 0 Å². The fourth-order valence-corrected chi connectivity index (χ4v) is 2.27. The Labute approximate surface area is 89.6 Å². The highest BCUT2D eigenvalue weighted by Gasteiger charge is 2.39. The molecule has 1 fully saturated rings. The summed E-state index contributed by atoms with van der Waals surface area (Å²) in [6, 6.07) is 10.8. The SMILES string of the molecule is NC1=NCC(C2CC2)N1c1ccccc1. The molecule has 3 rings (SSSR count). The van der Waals surface area contributed by atoms with Gasteiger partial charge in [0, 0.05) is 5.69 Å². The maximum atomic E-state index is 5.94. The highest BCUT2D eigenvalue weighted by Crippen LogP contribution is 2.38. The van der Waals surface area contributed by atoms with Gasteiger partial charge in [0.2, 0.25) is 0 Å². The van der Waals surface area contributed by atoms with E-state index in [9.17, 15) is 0 Å². The average Bonchev–Trinajstić information content (AvgIpc) is 3.04. The number of nitrogens with two attached hydrogens (primary N) is 1. The second-order valence-corrected chi connectivity index (χ2v) is 4.31. The Bertz CT molecular complexity index is 381. The second kappa shape index (κ2) is 3.26. The lowest BCUT2D eigenvalue weighted by Gasteiger charge is -2.26. The standard InChI is InChI=1S/C12H15N3/c13-12-14-8-11(9-6-7-9)15(12)10-4-2-1-3-5-10/h1-5,9,11H,6-8H2,(H2,13,14). The van der Waals surface area contributed by atoms with Crippen LogP contribution in [0, 0.1) is 5.92 Å². The molecule has 1 aliphatic carbocycles. The predicted molar refractivity (Wildman–Crippen MR) is 61.9 cm³/mol.